The number of rotatable bonds is 3. The van der Waals surface area contributed by atoms with Gasteiger partial charge in [0.2, 0.25) is 0 Å². The van der Waals surface area contributed by atoms with Gasteiger partial charge in [-0.25, -0.2) is 14.2 Å². The first kappa shape index (κ1) is 20.6. The lowest BCUT2D eigenvalue weighted by Gasteiger charge is -2.23. The van der Waals surface area contributed by atoms with Crippen molar-refractivity contribution in [3.63, 3.8) is 0 Å². The predicted octanol–water partition coefficient (Wildman–Crippen LogP) is 4.93. The van der Waals surface area contributed by atoms with Crippen LogP contribution >= 0.6 is 11.8 Å². The third kappa shape index (κ3) is 4.32. The zero-order chi connectivity index (χ0) is 20.9. The Hall–Kier alpha value is -2.09. The number of aromatic nitrogens is 2. The minimum Gasteiger partial charge on any atom is -0.459 e. The molecule has 2 aromatic rings. The van der Waals surface area contributed by atoms with Gasteiger partial charge in [0.15, 0.2) is 5.82 Å². The van der Waals surface area contributed by atoms with E-state index in [1.165, 1.54) is 23.0 Å². The number of thioether (sulfide) groups is 1. The summed E-state index contributed by atoms with van der Waals surface area (Å²) in [5.74, 6) is -0.905. The van der Waals surface area contributed by atoms with E-state index >= 15 is 4.39 Å². The zero-order valence-corrected chi connectivity index (χ0v) is 17.8. The van der Waals surface area contributed by atoms with Crippen molar-refractivity contribution in [3.8, 4) is 0 Å². The summed E-state index contributed by atoms with van der Waals surface area (Å²) in [7, 11) is 0. The zero-order valence-electron chi connectivity index (χ0n) is 17.0. The molecule has 0 unspecified atom stereocenters. The number of carbonyl (C=O) groups is 2. The van der Waals surface area contributed by atoms with E-state index in [9.17, 15) is 9.59 Å². The molecule has 8 heteroatoms. The molecule has 0 radical (unpaired) electrons. The van der Waals surface area contributed by atoms with Crippen LogP contribution in [0.5, 0.6) is 0 Å². The second kappa shape index (κ2) is 6.76. The van der Waals surface area contributed by atoms with Gasteiger partial charge in [-0.2, -0.15) is 0 Å². The van der Waals surface area contributed by atoms with Gasteiger partial charge in [-0.05, 0) is 60.5 Å². The van der Waals surface area contributed by atoms with E-state index in [0.29, 0.717) is 18.4 Å². The standard InChI is InChI=1S/C20H25FN2O4S/c1-18(2,3)26-16(24)20(8-9-20)28-15-14(21)12-7-10-23(13(12)11-22-15)17(25)27-19(4,5)6/h7,10-11H,8-9H2,1-6H3. The highest BCUT2D eigenvalue weighted by Gasteiger charge is 2.54. The second-order valence-electron chi connectivity index (χ2n) is 8.94. The van der Waals surface area contributed by atoms with Gasteiger partial charge in [-0.15, -0.1) is 0 Å². The molecule has 2 aromatic heterocycles. The quantitative estimate of drug-likeness (QED) is 0.671. The molecule has 1 fully saturated rings. The molecule has 0 amide bonds. The molecule has 0 saturated heterocycles. The van der Waals surface area contributed by atoms with Crippen LogP contribution in [0.4, 0.5) is 9.18 Å². The Morgan fingerprint density at radius 2 is 1.75 bits per heavy atom. The first-order valence-corrected chi connectivity index (χ1v) is 9.94. The number of pyridine rings is 1. The summed E-state index contributed by atoms with van der Waals surface area (Å²) in [6.45, 7) is 10.7. The molecule has 1 saturated carbocycles. The Bertz CT molecular complexity index is 936. The molecule has 3 rings (SSSR count). The topological polar surface area (TPSA) is 70.4 Å². The molecule has 0 aliphatic heterocycles. The van der Waals surface area contributed by atoms with Gasteiger partial charge in [-0.1, -0.05) is 11.8 Å². The minimum atomic E-state index is -0.789. The molecule has 28 heavy (non-hydrogen) atoms. The summed E-state index contributed by atoms with van der Waals surface area (Å²) < 4.78 is 26.3. The van der Waals surface area contributed by atoms with E-state index in [2.05, 4.69) is 4.98 Å². The first-order chi connectivity index (χ1) is 12.8. The highest BCUT2D eigenvalue weighted by atomic mass is 32.2. The van der Waals surface area contributed by atoms with Crippen LogP contribution in [0.25, 0.3) is 10.9 Å². The van der Waals surface area contributed by atoms with Crippen LogP contribution in [-0.2, 0) is 14.3 Å². The molecular weight excluding hydrogens is 383 g/mol. The van der Waals surface area contributed by atoms with Crippen LogP contribution in [0.2, 0.25) is 0 Å². The number of nitrogens with zero attached hydrogens (tertiary/aromatic N) is 2. The molecule has 152 valence electrons. The fraction of sp³-hybridized carbons (Fsp3) is 0.550. The lowest BCUT2D eigenvalue weighted by atomic mass is 10.2. The van der Waals surface area contributed by atoms with Crippen molar-refractivity contribution < 1.29 is 23.5 Å². The van der Waals surface area contributed by atoms with Crippen molar-refractivity contribution in [1.82, 2.24) is 9.55 Å². The number of hydrogen-bond acceptors (Lipinski definition) is 6. The molecule has 1 aliphatic rings. The van der Waals surface area contributed by atoms with E-state index < -0.39 is 27.9 Å². The highest BCUT2D eigenvalue weighted by molar-refractivity contribution is 8.01. The third-order valence-electron chi connectivity index (χ3n) is 4.01. The summed E-state index contributed by atoms with van der Waals surface area (Å²) in [4.78, 5) is 29.0. The number of esters is 1. The second-order valence-corrected chi connectivity index (χ2v) is 10.3. The number of carbonyl (C=O) groups excluding carboxylic acids is 2. The average Bonchev–Trinajstić information content (AvgIpc) is 3.17. The first-order valence-electron chi connectivity index (χ1n) is 9.13. The van der Waals surface area contributed by atoms with Gasteiger partial charge >= 0.3 is 12.1 Å². The third-order valence-corrected chi connectivity index (χ3v) is 5.45. The van der Waals surface area contributed by atoms with Crippen LogP contribution in [0.15, 0.2) is 23.5 Å². The fourth-order valence-electron chi connectivity index (χ4n) is 2.61. The van der Waals surface area contributed by atoms with Gasteiger partial charge in [0, 0.05) is 11.6 Å². The monoisotopic (exact) mass is 408 g/mol. The number of halogens is 1. The van der Waals surface area contributed by atoms with E-state index in [1.54, 1.807) is 41.5 Å². The van der Waals surface area contributed by atoms with Crippen LogP contribution in [0, 0.1) is 5.82 Å². The van der Waals surface area contributed by atoms with E-state index in [1.807, 2.05) is 0 Å². The Kier molecular flexibility index (Phi) is 4.98. The Labute approximate surface area is 167 Å². The lowest BCUT2D eigenvalue weighted by Crippen LogP contribution is -2.31. The maximum Gasteiger partial charge on any atom is 0.419 e. The average molecular weight is 408 g/mol. The SMILES string of the molecule is CC(C)(C)OC(=O)n1ccc2c(F)c(SC3(C(=O)OC(C)(C)C)CC3)ncc21. The van der Waals surface area contributed by atoms with Crippen molar-refractivity contribution in [1.29, 1.82) is 0 Å². The molecule has 0 spiro atoms. The maximum absolute atomic E-state index is 15.0. The molecule has 6 nitrogen and oxygen atoms in total. The van der Waals surface area contributed by atoms with Crippen molar-refractivity contribution in [3.05, 3.63) is 24.3 Å². The van der Waals surface area contributed by atoms with Gasteiger partial charge in [0.05, 0.1) is 11.7 Å². The minimum absolute atomic E-state index is 0.123. The van der Waals surface area contributed by atoms with Gasteiger partial charge < -0.3 is 9.47 Å². The van der Waals surface area contributed by atoms with Crippen molar-refractivity contribution >= 4 is 34.7 Å². The Morgan fingerprint density at radius 3 is 2.29 bits per heavy atom. The van der Waals surface area contributed by atoms with Crippen molar-refractivity contribution in [2.24, 2.45) is 0 Å². The summed E-state index contributed by atoms with van der Waals surface area (Å²) in [6, 6.07) is 1.51. The molecule has 1 aliphatic carbocycles. The fourth-order valence-corrected chi connectivity index (χ4v) is 3.72. The molecular formula is C20H25FN2O4S. The van der Waals surface area contributed by atoms with Gasteiger partial charge in [0.1, 0.15) is 21.0 Å². The molecule has 2 heterocycles. The molecule has 0 atom stereocenters. The summed E-state index contributed by atoms with van der Waals surface area (Å²) in [6.07, 6.45) is 3.51. The number of ether oxygens (including phenoxy) is 2. The van der Waals surface area contributed by atoms with Crippen LogP contribution < -0.4 is 0 Å². The Balaban J connectivity index is 1.86. The number of hydrogen-bond donors (Lipinski definition) is 0. The van der Waals surface area contributed by atoms with E-state index in [4.69, 9.17) is 9.47 Å². The maximum atomic E-state index is 15.0. The number of fused-ring (bicyclic) bond motifs is 1. The smallest absolute Gasteiger partial charge is 0.419 e. The van der Waals surface area contributed by atoms with Gasteiger partial charge in [0.25, 0.3) is 0 Å². The lowest BCUT2D eigenvalue weighted by molar-refractivity contribution is -0.155. The largest absolute Gasteiger partial charge is 0.459 e. The molecule has 0 N–H and O–H groups in total. The Morgan fingerprint density at radius 1 is 1.14 bits per heavy atom. The molecule has 0 aromatic carbocycles. The van der Waals surface area contributed by atoms with E-state index in [0.717, 1.165) is 11.8 Å². The van der Waals surface area contributed by atoms with Crippen LogP contribution in [0.3, 0.4) is 0 Å². The van der Waals surface area contributed by atoms with Crippen LogP contribution in [-0.4, -0.2) is 37.6 Å². The summed E-state index contributed by atoms with van der Waals surface area (Å²) in [5.41, 5.74) is -0.951. The normalized spacial score (nSPS) is 16.1. The summed E-state index contributed by atoms with van der Waals surface area (Å²) >= 11 is 1.09. The van der Waals surface area contributed by atoms with Crippen molar-refractivity contribution in [2.75, 3.05) is 0 Å². The predicted molar refractivity (Wildman–Crippen MR) is 105 cm³/mol. The van der Waals surface area contributed by atoms with Crippen molar-refractivity contribution in [2.45, 2.75) is 75.4 Å². The van der Waals surface area contributed by atoms with Crippen LogP contribution in [0.1, 0.15) is 54.4 Å². The molecule has 0 bridgehead atoms. The highest BCUT2D eigenvalue weighted by Crippen LogP contribution is 2.53. The van der Waals surface area contributed by atoms with E-state index in [-0.39, 0.29) is 16.4 Å². The summed E-state index contributed by atoms with van der Waals surface area (Å²) in [5, 5.41) is 0.376. The van der Waals surface area contributed by atoms with Gasteiger partial charge in [-0.3, -0.25) is 9.36 Å².